The summed E-state index contributed by atoms with van der Waals surface area (Å²) in [6, 6.07) is 2.19. The first kappa shape index (κ1) is 15.8. The topological polar surface area (TPSA) is 72.2 Å². The number of nitrogens with zero attached hydrogens (tertiary/aromatic N) is 4. The van der Waals surface area contributed by atoms with E-state index in [0.717, 1.165) is 24.2 Å². The van der Waals surface area contributed by atoms with E-state index in [0.29, 0.717) is 16.7 Å². The van der Waals surface area contributed by atoms with E-state index < -0.39 is 0 Å². The van der Waals surface area contributed by atoms with Gasteiger partial charge in [0.25, 0.3) is 5.78 Å². The molecular weight excluding hydrogens is 286 g/mol. The van der Waals surface area contributed by atoms with Crippen LogP contribution in [0, 0.1) is 13.8 Å². The lowest BCUT2D eigenvalue weighted by Gasteiger charge is -2.12. The number of thioether (sulfide) groups is 1. The molecule has 1 amide bonds. The molecule has 7 heteroatoms. The second-order valence-corrected chi connectivity index (χ2v) is 6.15. The van der Waals surface area contributed by atoms with Gasteiger partial charge in [-0.2, -0.15) is 0 Å². The van der Waals surface area contributed by atoms with Gasteiger partial charge in [-0.05, 0) is 33.3 Å². The third-order valence-corrected chi connectivity index (χ3v) is 4.05. The molecule has 0 bridgehead atoms. The van der Waals surface area contributed by atoms with Gasteiger partial charge in [-0.1, -0.05) is 25.1 Å². The maximum absolute atomic E-state index is 11.9. The van der Waals surface area contributed by atoms with Crippen molar-refractivity contribution in [3.63, 3.8) is 0 Å². The van der Waals surface area contributed by atoms with Crippen molar-refractivity contribution in [3.05, 3.63) is 17.5 Å². The normalized spacial score (nSPS) is 12.6. The molecule has 2 aromatic heterocycles. The highest BCUT2D eigenvalue weighted by molar-refractivity contribution is 7.99. The Morgan fingerprint density at radius 2 is 2.19 bits per heavy atom. The van der Waals surface area contributed by atoms with E-state index in [-0.39, 0.29) is 11.9 Å². The Morgan fingerprint density at radius 3 is 2.90 bits per heavy atom. The molecule has 1 N–H and O–H groups in total. The van der Waals surface area contributed by atoms with E-state index in [1.54, 1.807) is 0 Å². The number of hydrogen-bond acceptors (Lipinski definition) is 5. The molecule has 0 saturated carbocycles. The Bertz CT molecular complexity index is 640. The summed E-state index contributed by atoms with van der Waals surface area (Å²) in [5.74, 6) is 0.938. The lowest BCUT2D eigenvalue weighted by atomic mass is 10.2. The molecule has 2 heterocycles. The van der Waals surface area contributed by atoms with E-state index in [2.05, 4.69) is 27.4 Å². The van der Waals surface area contributed by atoms with Crippen LogP contribution in [0.25, 0.3) is 5.78 Å². The van der Waals surface area contributed by atoms with Crippen molar-refractivity contribution in [2.45, 2.75) is 51.7 Å². The molecule has 0 aromatic carbocycles. The number of amides is 1. The van der Waals surface area contributed by atoms with Gasteiger partial charge in [0, 0.05) is 17.4 Å². The van der Waals surface area contributed by atoms with Gasteiger partial charge in [0.05, 0.1) is 5.75 Å². The van der Waals surface area contributed by atoms with E-state index in [4.69, 9.17) is 0 Å². The summed E-state index contributed by atoms with van der Waals surface area (Å²) in [6.07, 6.45) is 2.06. The van der Waals surface area contributed by atoms with Crippen LogP contribution in [0.5, 0.6) is 0 Å². The molecule has 2 aromatic rings. The lowest BCUT2D eigenvalue weighted by molar-refractivity contribution is -0.119. The molecule has 0 radical (unpaired) electrons. The maximum atomic E-state index is 11.9. The summed E-state index contributed by atoms with van der Waals surface area (Å²) < 4.78 is 1.88. The molecule has 0 aliphatic heterocycles. The highest BCUT2D eigenvalue weighted by Crippen LogP contribution is 2.18. The predicted molar refractivity (Wildman–Crippen MR) is 83.5 cm³/mol. The van der Waals surface area contributed by atoms with Gasteiger partial charge in [-0.15, -0.1) is 10.2 Å². The number of carbonyl (C=O) groups is 1. The van der Waals surface area contributed by atoms with Crippen molar-refractivity contribution in [1.29, 1.82) is 0 Å². The predicted octanol–water partition coefficient (Wildman–Crippen LogP) is 2.14. The fraction of sp³-hybridized carbons (Fsp3) is 0.571. The number of fused-ring (bicyclic) bond motifs is 1. The summed E-state index contributed by atoms with van der Waals surface area (Å²) in [6.45, 7) is 8.04. The van der Waals surface area contributed by atoms with Crippen molar-refractivity contribution in [2.24, 2.45) is 0 Å². The van der Waals surface area contributed by atoms with Gasteiger partial charge in [0.1, 0.15) is 0 Å². The van der Waals surface area contributed by atoms with Crippen LogP contribution in [0.15, 0.2) is 11.2 Å². The van der Waals surface area contributed by atoms with Gasteiger partial charge < -0.3 is 5.32 Å². The standard InChI is InChI=1S/C14H21N5OS/c1-5-6-9(2)15-12(20)8-21-14-18-17-13-16-10(3)7-11(4)19(13)14/h7,9H,5-6,8H2,1-4H3,(H,15,20)/t9-/m1/s1. The zero-order valence-electron chi connectivity index (χ0n) is 12.9. The molecular formula is C14H21N5OS. The average Bonchev–Trinajstić information content (AvgIpc) is 2.79. The van der Waals surface area contributed by atoms with Gasteiger partial charge in [-0.3, -0.25) is 9.20 Å². The quantitative estimate of drug-likeness (QED) is 0.828. The molecule has 6 nitrogen and oxygen atoms in total. The molecule has 2 rings (SSSR count). The molecule has 0 spiro atoms. The van der Waals surface area contributed by atoms with Crippen LogP contribution in [0.2, 0.25) is 0 Å². The van der Waals surface area contributed by atoms with E-state index >= 15 is 0 Å². The first-order chi connectivity index (χ1) is 10.0. The summed E-state index contributed by atoms with van der Waals surface area (Å²) in [4.78, 5) is 16.2. The molecule has 0 aliphatic rings. The minimum absolute atomic E-state index is 0.0235. The maximum Gasteiger partial charge on any atom is 0.256 e. The molecule has 0 aliphatic carbocycles. The van der Waals surface area contributed by atoms with Crippen molar-refractivity contribution in [3.8, 4) is 0 Å². The molecule has 114 valence electrons. The van der Waals surface area contributed by atoms with Crippen LogP contribution < -0.4 is 5.32 Å². The minimum Gasteiger partial charge on any atom is -0.353 e. The Hall–Kier alpha value is -1.63. The molecule has 0 saturated heterocycles. The fourth-order valence-electron chi connectivity index (χ4n) is 2.25. The van der Waals surface area contributed by atoms with Crippen molar-refractivity contribution < 1.29 is 4.79 Å². The fourth-order valence-corrected chi connectivity index (χ4v) is 3.04. The van der Waals surface area contributed by atoms with Gasteiger partial charge in [-0.25, -0.2) is 4.98 Å². The van der Waals surface area contributed by atoms with E-state index in [1.165, 1.54) is 11.8 Å². The number of aryl methyl sites for hydroxylation is 2. The summed E-state index contributed by atoms with van der Waals surface area (Å²) in [5, 5.41) is 11.9. The molecule has 0 fully saturated rings. The third kappa shape index (κ3) is 3.93. The molecule has 1 atom stereocenters. The van der Waals surface area contributed by atoms with E-state index in [1.807, 2.05) is 31.2 Å². The van der Waals surface area contributed by atoms with Crippen LogP contribution in [0.1, 0.15) is 38.1 Å². The van der Waals surface area contributed by atoms with Crippen LogP contribution in [0.3, 0.4) is 0 Å². The van der Waals surface area contributed by atoms with Gasteiger partial charge in [0.15, 0.2) is 5.16 Å². The Morgan fingerprint density at radius 1 is 1.43 bits per heavy atom. The first-order valence-electron chi connectivity index (χ1n) is 7.12. The third-order valence-electron chi connectivity index (χ3n) is 3.12. The second-order valence-electron chi connectivity index (χ2n) is 5.20. The lowest BCUT2D eigenvalue weighted by Crippen LogP contribution is -2.33. The Labute approximate surface area is 128 Å². The van der Waals surface area contributed by atoms with Crippen molar-refractivity contribution in [2.75, 3.05) is 5.75 Å². The van der Waals surface area contributed by atoms with Crippen LogP contribution in [-0.4, -0.2) is 37.3 Å². The SMILES string of the molecule is CCC[C@@H](C)NC(=O)CSc1nnc2nc(C)cc(C)n12. The summed E-state index contributed by atoms with van der Waals surface area (Å²) in [5.41, 5.74) is 1.93. The number of hydrogen-bond donors (Lipinski definition) is 1. The highest BCUT2D eigenvalue weighted by Gasteiger charge is 2.13. The Kier molecular flexibility index (Phi) is 5.17. The van der Waals surface area contributed by atoms with Crippen molar-refractivity contribution in [1.82, 2.24) is 24.9 Å². The number of rotatable bonds is 6. The zero-order chi connectivity index (χ0) is 15.4. The van der Waals surface area contributed by atoms with Crippen LogP contribution in [-0.2, 0) is 4.79 Å². The Balaban J connectivity index is 2.02. The molecule has 21 heavy (non-hydrogen) atoms. The zero-order valence-corrected chi connectivity index (χ0v) is 13.7. The van der Waals surface area contributed by atoms with Gasteiger partial charge in [0.2, 0.25) is 5.91 Å². The van der Waals surface area contributed by atoms with E-state index in [9.17, 15) is 4.79 Å². The van der Waals surface area contributed by atoms with Crippen molar-refractivity contribution >= 4 is 23.4 Å². The van der Waals surface area contributed by atoms with Crippen LogP contribution >= 0.6 is 11.8 Å². The van der Waals surface area contributed by atoms with Crippen LogP contribution in [0.4, 0.5) is 0 Å². The van der Waals surface area contributed by atoms with Gasteiger partial charge >= 0.3 is 0 Å². The molecule has 0 unspecified atom stereocenters. The summed E-state index contributed by atoms with van der Waals surface area (Å²) in [7, 11) is 0. The number of nitrogens with one attached hydrogen (secondary N) is 1. The number of carbonyl (C=O) groups excluding carboxylic acids is 1. The minimum atomic E-state index is 0.0235. The summed E-state index contributed by atoms with van der Waals surface area (Å²) >= 11 is 1.38. The smallest absolute Gasteiger partial charge is 0.256 e. The second kappa shape index (κ2) is 6.89. The highest BCUT2D eigenvalue weighted by atomic mass is 32.2. The monoisotopic (exact) mass is 307 g/mol. The first-order valence-corrected chi connectivity index (χ1v) is 8.11. The largest absolute Gasteiger partial charge is 0.353 e. The number of aromatic nitrogens is 4. The average molecular weight is 307 g/mol.